The van der Waals surface area contributed by atoms with Gasteiger partial charge in [-0.15, -0.1) is 12.4 Å². The summed E-state index contributed by atoms with van der Waals surface area (Å²) in [5.41, 5.74) is -3.32. The Morgan fingerprint density at radius 2 is 0.851 bits per heavy atom. The van der Waals surface area contributed by atoms with Gasteiger partial charge in [0.1, 0.15) is 0 Å². The average Bonchev–Trinajstić information content (AvgIpc) is 3.20. The van der Waals surface area contributed by atoms with Crippen molar-refractivity contribution in [1.82, 2.24) is 16.0 Å². The molecule has 7 nitrogen and oxygen atoms in total. The van der Waals surface area contributed by atoms with Gasteiger partial charge in [0.25, 0.3) is 0 Å². The number of hydrogen-bond acceptors (Lipinski definition) is 3. The Labute approximate surface area is 394 Å². The zero-order valence-corrected chi connectivity index (χ0v) is 37.6. The number of alkyl halides is 12. The third-order valence-electron chi connectivity index (χ3n) is 9.48. The topological polar surface area (TPSA) is 84.5 Å². The largest absolute Gasteiger partial charge is 0.416 e. The lowest BCUT2D eigenvalue weighted by Gasteiger charge is -2.24. The second kappa shape index (κ2) is 22.8. The molecule has 0 heterocycles. The van der Waals surface area contributed by atoms with Gasteiger partial charge in [0.2, 0.25) is 0 Å². The maximum Gasteiger partial charge on any atom is 0.416 e. The monoisotopic (exact) mass is 1010 g/mol. The number of benzene rings is 5. The van der Waals surface area contributed by atoms with E-state index in [1.807, 2.05) is 32.0 Å². The molecular formula is C45H42ClF12N7S2. The first-order chi connectivity index (χ1) is 30.8. The highest BCUT2D eigenvalue weighted by molar-refractivity contribution is 7.80. The van der Waals surface area contributed by atoms with E-state index in [1.165, 1.54) is 0 Å². The maximum atomic E-state index is 13.6. The fourth-order valence-electron chi connectivity index (χ4n) is 6.64. The van der Waals surface area contributed by atoms with Crippen molar-refractivity contribution in [3.8, 4) is 0 Å². The smallest absolute Gasteiger partial charge is 0.358 e. The van der Waals surface area contributed by atoms with Crippen molar-refractivity contribution in [2.75, 3.05) is 29.0 Å². The number of nitrogens with one attached hydrogen (secondary N) is 6. The first-order valence-corrected chi connectivity index (χ1v) is 20.6. The molecule has 0 amide bonds. The number of hydrogen-bond donors (Lipinski definition) is 6. The third-order valence-corrected chi connectivity index (χ3v) is 9.92. The summed E-state index contributed by atoms with van der Waals surface area (Å²) in [6.45, 7) is 3.64. The fourth-order valence-corrected chi connectivity index (χ4v) is 7.21. The molecule has 0 bridgehead atoms. The summed E-state index contributed by atoms with van der Waals surface area (Å²) >= 11 is 10.8. The molecule has 0 unspecified atom stereocenters. The van der Waals surface area contributed by atoms with Crippen LogP contribution in [0.15, 0.2) is 120 Å². The molecule has 6 N–H and O–H groups in total. The molecule has 0 spiro atoms. The molecule has 0 saturated heterocycles. The standard InChI is InChI=1S/C45H41F12N7S2.ClH/c1-26-13-27(2)15-34(14-26)60-39(58-24-37(16-28-9-5-3-6-10-28)63-40(65)61-35-20-30(42(46,47)48)18-31(21-35)43(49,50)51)59-25-38(17-29-11-7-4-8-12-29)64-41(66)62-36-22-32(44(52,53)54)19-33(23-36)45(55,56)57;/h3-15,18-23,37-38H,16-17,24-25H2,1-2H3,(H2,58,59,60)(H2,61,63,65)(H2,62,64,66);1H/t37-,38-;/m0./s1. The van der Waals surface area contributed by atoms with E-state index >= 15 is 0 Å². The Kier molecular flexibility index (Phi) is 18.3. The Morgan fingerprint density at radius 3 is 1.24 bits per heavy atom. The van der Waals surface area contributed by atoms with Crippen LogP contribution < -0.4 is 31.9 Å². The first-order valence-electron chi connectivity index (χ1n) is 19.8. The number of aliphatic imine (C=N–C) groups is 1. The van der Waals surface area contributed by atoms with E-state index in [0.29, 0.717) is 30.0 Å². The molecule has 5 rings (SSSR count). The van der Waals surface area contributed by atoms with Crippen molar-refractivity contribution in [1.29, 1.82) is 0 Å². The van der Waals surface area contributed by atoms with Gasteiger partial charge in [0, 0.05) is 29.6 Å². The van der Waals surface area contributed by atoms with E-state index < -0.39 is 70.4 Å². The van der Waals surface area contributed by atoms with E-state index in [2.05, 4.69) is 31.9 Å². The van der Waals surface area contributed by atoms with Crippen LogP contribution in [-0.2, 0) is 37.5 Å². The molecule has 0 saturated carbocycles. The molecule has 22 heteroatoms. The maximum absolute atomic E-state index is 13.6. The lowest BCUT2D eigenvalue weighted by atomic mass is 10.1. The molecule has 0 aliphatic rings. The minimum atomic E-state index is -5.09. The molecule has 0 aliphatic heterocycles. The summed E-state index contributed by atoms with van der Waals surface area (Å²) in [5.74, 6) is 0.165. The highest BCUT2D eigenvalue weighted by atomic mass is 35.5. The highest BCUT2D eigenvalue weighted by Crippen LogP contribution is 2.39. The van der Waals surface area contributed by atoms with Crippen LogP contribution in [0, 0.1) is 13.8 Å². The number of aryl methyl sites for hydroxylation is 2. The van der Waals surface area contributed by atoms with Crippen LogP contribution in [0.25, 0.3) is 0 Å². The Morgan fingerprint density at radius 1 is 0.493 bits per heavy atom. The van der Waals surface area contributed by atoms with E-state index in [-0.39, 0.29) is 66.7 Å². The van der Waals surface area contributed by atoms with Crippen LogP contribution in [0.5, 0.6) is 0 Å². The number of anilines is 3. The number of thiocarbonyl (C=S) groups is 2. The predicted molar refractivity (Wildman–Crippen MR) is 247 cm³/mol. The summed E-state index contributed by atoms with van der Waals surface area (Å²) in [6, 6.07) is 24.0. The van der Waals surface area contributed by atoms with Crippen LogP contribution in [0.1, 0.15) is 44.5 Å². The second-order valence-electron chi connectivity index (χ2n) is 15.1. The molecule has 5 aromatic carbocycles. The van der Waals surface area contributed by atoms with Crippen LogP contribution in [0.4, 0.5) is 69.7 Å². The van der Waals surface area contributed by atoms with Gasteiger partial charge < -0.3 is 31.9 Å². The lowest BCUT2D eigenvalue weighted by Crippen LogP contribution is -2.48. The number of halogens is 13. The summed E-state index contributed by atoms with van der Waals surface area (Å²) < 4.78 is 163. The van der Waals surface area contributed by atoms with Crippen molar-refractivity contribution < 1.29 is 52.7 Å². The van der Waals surface area contributed by atoms with Crippen LogP contribution in [-0.4, -0.2) is 41.4 Å². The minimum Gasteiger partial charge on any atom is -0.358 e. The van der Waals surface area contributed by atoms with Crippen molar-refractivity contribution in [3.63, 3.8) is 0 Å². The third kappa shape index (κ3) is 17.4. The number of nitrogens with zero attached hydrogens (tertiary/aromatic N) is 1. The lowest BCUT2D eigenvalue weighted by molar-refractivity contribution is -0.144. The SMILES string of the molecule is Cc1cc(C)cc(NC(=NC[C@H](Cc2ccccc2)NC(=S)Nc2cc(C(F)(F)F)cc(C(F)(F)F)c2)NC[C@H](Cc2ccccc2)NC(=S)Nc2cc(C(F)(F)F)cc(C(F)(F)F)c2)c1.Cl. The Balaban J connectivity index is 0.00000980. The molecule has 0 aromatic heterocycles. The quantitative estimate of drug-likeness (QED) is 0.0301. The zero-order valence-electron chi connectivity index (χ0n) is 35.2. The molecule has 0 fully saturated rings. The molecule has 5 aromatic rings. The molecule has 0 radical (unpaired) electrons. The summed E-state index contributed by atoms with van der Waals surface area (Å²) in [4.78, 5) is 4.78. The summed E-state index contributed by atoms with van der Waals surface area (Å²) in [5, 5.41) is 16.7. The van der Waals surface area contributed by atoms with Gasteiger partial charge in [0.15, 0.2) is 16.2 Å². The second-order valence-corrected chi connectivity index (χ2v) is 15.9. The van der Waals surface area contributed by atoms with E-state index in [4.69, 9.17) is 29.4 Å². The molecule has 2 atom stereocenters. The summed E-state index contributed by atoms with van der Waals surface area (Å²) in [7, 11) is 0. The van der Waals surface area contributed by atoms with Gasteiger partial charge in [-0.1, -0.05) is 66.7 Å². The predicted octanol–water partition coefficient (Wildman–Crippen LogP) is 12.4. The molecular weight excluding hydrogens is 966 g/mol. The zero-order chi connectivity index (χ0) is 48.5. The van der Waals surface area contributed by atoms with Crippen molar-refractivity contribution in [2.24, 2.45) is 4.99 Å². The van der Waals surface area contributed by atoms with Gasteiger partial charge in [0.05, 0.1) is 34.8 Å². The summed E-state index contributed by atoms with van der Waals surface area (Å²) in [6.07, 6.45) is -19.9. The average molecular weight is 1010 g/mol. The normalized spacial score (nSPS) is 13.1. The van der Waals surface area contributed by atoms with Gasteiger partial charge in [-0.25, -0.2) is 0 Å². The Hall–Kier alpha value is -5.80. The molecule has 360 valence electrons. The van der Waals surface area contributed by atoms with Crippen molar-refractivity contribution in [3.05, 3.63) is 160 Å². The van der Waals surface area contributed by atoms with Crippen LogP contribution >= 0.6 is 36.8 Å². The minimum absolute atomic E-state index is 0. The van der Waals surface area contributed by atoms with Gasteiger partial charge in [-0.2, -0.15) is 52.7 Å². The van der Waals surface area contributed by atoms with Crippen LogP contribution in [0.2, 0.25) is 0 Å². The number of rotatable bonds is 13. The first kappa shape index (κ1) is 53.8. The van der Waals surface area contributed by atoms with Gasteiger partial charge in [-0.05, 0) is 122 Å². The van der Waals surface area contributed by atoms with E-state index in [0.717, 1.165) is 22.3 Å². The van der Waals surface area contributed by atoms with Crippen molar-refractivity contribution in [2.45, 2.75) is 63.5 Å². The van der Waals surface area contributed by atoms with Crippen molar-refractivity contribution >= 4 is 70.1 Å². The van der Waals surface area contributed by atoms with Gasteiger partial charge >= 0.3 is 24.7 Å². The van der Waals surface area contributed by atoms with Gasteiger partial charge in [-0.3, -0.25) is 4.99 Å². The van der Waals surface area contributed by atoms with Crippen LogP contribution in [0.3, 0.4) is 0 Å². The highest BCUT2D eigenvalue weighted by Gasteiger charge is 2.38. The number of guanidine groups is 1. The fraction of sp³-hybridized carbons (Fsp3) is 0.267. The molecule has 0 aliphatic carbocycles. The van der Waals surface area contributed by atoms with E-state index in [9.17, 15) is 52.7 Å². The molecule has 67 heavy (non-hydrogen) atoms. The van der Waals surface area contributed by atoms with E-state index in [1.54, 1.807) is 60.7 Å². The Bertz CT molecular complexity index is 2400.